The Morgan fingerprint density at radius 2 is 2.28 bits per heavy atom. The number of hydrogen-bond acceptors (Lipinski definition) is 6. The highest BCUT2D eigenvalue weighted by Gasteiger charge is 2.08. The Labute approximate surface area is 102 Å². The fourth-order valence-corrected chi connectivity index (χ4v) is 1.37. The van der Waals surface area contributed by atoms with Crippen molar-refractivity contribution < 1.29 is 19.5 Å². The second-order valence-electron chi connectivity index (χ2n) is 3.31. The number of benzene rings is 1. The summed E-state index contributed by atoms with van der Waals surface area (Å²) in [5.74, 6) is -0.0411. The Bertz CT molecular complexity index is 579. The van der Waals surface area contributed by atoms with E-state index in [2.05, 4.69) is 16.8 Å². The number of ether oxygens (including phenoxy) is 2. The molecule has 18 heavy (non-hydrogen) atoms. The Morgan fingerprint density at radius 1 is 1.44 bits per heavy atom. The molecule has 7 nitrogen and oxygen atoms in total. The zero-order chi connectivity index (χ0) is 13.0. The second kappa shape index (κ2) is 5.17. The van der Waals surface area contributed by atoms with Gasteiger partial charge in [-0.1, -0.05) is 12.6 Å². The van der Waals surface area contributed by atoms with E-state index in [9.17, 15) is 4.79 Å². The van der Waals surface area contributed by atoms with Crippen molar-refractivity contribution in [1.82, 2.24) is 15.2 Å². The summed E-state index contributed by atoms with van der Waals surface area (Å²) in [6, 6.07) is 5.11. The molecule has 0 aliphatic rings. The van der Waals surface area contributed by atoms with Gasteiger partial charge in [0, 0.05) is 6.08 Å². The van der Waals surface area contributed by atoms with Gasteiger partial charge in [0.1, 0.15) is 24.5 Å². The quantitative estimate of drug-likeness (QED) is 0.364. The lowest BCUT2D eigenvalue weighted by Crippen LogP contribution is -2.10. The Balaban J connectivity index is 1.99. The van der Waals surface area contributed by atoms with Crippen LogP contribution in [0.3, 0.4) is 0 Å². The van der Waals surface area contributed by atoms with Gasteiger partial charge < -0.3 is 14.7 Å². The van der Waals surface area contributed by atoms with Crippen molar-refractivity contribution in [3.63, 3.8) is 0 Å². The van der Waals surface area contributed by atoms with Crippen LogP contribution < -0.4 is 4.74 Å². The van der Waals surface area contributed by atoms with Crippen LogP contribution in [0.4, 0.5) is 0 Å². The monoisotopic (exact) mass is 249 g/mol. The first-order valence-electron chi connectivity index (χ1n) is 5.18. The molecule has 1 heterocycles. The Kier molecular flexibility index (Phi) is 3.42. The Morgan fingerprint density at radius 3 is 3.06 bits per heavy atom. The summed E-state index contributed by atoms with van der Waals surface area (Å²) < 4.78 is 10.1. The van der Waals surface area contributed by atoms with E-state index in [0.29, 0.717) is 21.7 Å². The van der Waals surface area contributed by atoms with Gasteiger partial charge in [0.15, 0.2) is 5.52 Å². The van der Waals surface area contributed by atoms with Gasteiger partial charge in [-0.2, -0.15) is 0 Å². The largest absolute Gasteiger partial charge is 0.488 e. The SMILES string of the molecule is C=CC(=O)OCCOc1cccc2nn(O)nc12. The summed E-state index contributed by atoms with van der Waals surface area (Å²) in [5, 5.41) is 16.6. The minimum Gasteiger partial charge on any atom is -0.488 e. The number of carbonyl (C=O) groups is 1. The van der Waals surface area contributed by atoms with Crippen LogP contribution in [0.15, 0.2) is 30.9 Å². The average molecular weight is 249 g/mol. The van der Waals surface area contributed by atoms with E-state index in [1.807, 2.05) is 0 Å². The molecule has 1 aromatic carbocycles. The third kappa shape index (κ3) is 2.57. The molecule has 0 aliphatic heterocycles. The average Bonchev–Trinajstić information content (AvgIpc) is 2.75. The van der Waals surface area contributed by atoms with Crippen LogP contribution in [0, 0.1) is 0 Å². The van der Waals surface area contributed by atoms with Crippen LogP contribution in [0.25, 0.3) is 11.0 Å². The summed E-state index contributed by atoms with van der Waals surface area (Å²) >= 11 is 0. The number of carbonyl (C=O) groups excluding carboxylic acids is 1. The van der Waals surface area contributed by atoms with E-state index in [-0.39, 0.29) is 13.2 Å². The van der Waals surface area contributed by atoms with Crippen molar-refractivity contribution in [3.8, 4) is 5.75 Å². The van der Waals surface area contributed by atoms with Crippen molar-refractivity contribution in [3.05, 3.63) is 30.9 Å². The van der Waals surface area contributed by atoms with E-state index >= 15 is 0 Å². The summed E-state index contributed by atoms with van der Waals surface area (Å²) in [5.41, 5.74) is 0.952. The second-order valence-corrected chi connectivity index (χ2v) is 3.31. The fraction of sp³-hybridized carbons (Fsp3) is 0.182. The van der Waals surface area contributed by atoms with Crippen molar-refractivity contribution >= 4 is 17.0 Å². The predicted octanol–water partition coefficient (Wildman–Crippen LogP) is 0.777. The van der Waals surface area contributed by atoms with E-state index in [1.54, 1.807) is 18.2 Å². The van der Waals surface area contributed by atoms with Crippen molar-refractivity contribution in [2.24, 2.45) is 0 Å². The van der Waals surface area contributed by atoms with Crippen molar-refractivity contribution in [1.29, 1.82) is 0 Å². The first-order valence-corrected chi connectivity index (χ1v) is 5.18. The lowest BCUT2D eigenvalue weighted by molar-refractivity contribution is -0.138. The van der Waals surface area contributed by atoms with Crippen LogP contribution in [0.1, 0.15) is 0 Å². The molecule has 0 saturated heterocycles. The normalized spacial score (nSPS) is 10.2. The minimum atomic E-state index is -0.502. The maximum absolute atomic E-state index is 10.8. The van der Waals surface area contributed by atoms with Gasteiger partial charge in [-0.3, -0.25) is 0 Å². The molecule has 94 valence electrons. The summed E-state index contributed by atoms with van der Waals surface area (Å²) in [4.78, 5) is 11.3. The molecule has 0 radical (unpaired) electrons. The lowest BCUT2D eigenvalue weighted by Gasteiger charge is -2.05. The molecular weight excluding hydrogens is 238 g/mol. The molecule has 0 aliphatic carbocycles. The fourth-order valence-electron chi connectivity index (χ4n) is 1.37. The van der Waals surface area contributed by atoms with Gasteiger partial charge in [0.25, 0.3) is 0 Å². The number of nitrogens with zero attached hydrogens (tertiary/aromatic N) is 3. The molecule has 0 fully saturated rings. The highest BCUT2D eigenvalue weighted by atomic mass is 16.6. The molecule has 2 rings (SSSR count). The zero-order valence-electron chi connectivity index (χ0n) is 9.44. The van der Waals surface area contributed by atoms with Crippen molar-refractivity contribution in [2.45, 2.75) is 0 Å². The molecule has 0 bridgehead atoms. The van der Waals surface area contributed by atoms with E-state index in [0.717, 1.165) is 6.08 Å². The molecule has 0 saturated carbocycles. The van der Waals surface area contributed by atoms with Gasteiger partial charge in [0.2, 0.25) is 0 Å². The third-order valence-electron chi connectivity index (χ3n) is 2.12. The maximum Gasteiger partial charge on any atom is 0.330 e. The highest BCUT2D eigenvalue weighted by Crippen LogP contribution is 2.21. The van der Waals surface area contributed by atoms with Gasteiger partial charge >= 0.3 is 5.97 Å². The molecule has 1 N–H and O–H groups in total. The predicted molar refractivity (Wildman–Crippen MR) is 61.4 cm³/mol. The van der Waals surface area contributed by atoms with Crippen LogP contribution in [-0.4, -0.2) is 39.5 Å². The number of hydrogen-bond donors (Lipinski definition) is 1. The topological polar surface area (TPSA) is 86.5 Å². The summed E-state index contributed by atoms with van der Waals surface area (Å²) in [7, 11) is 0. The van der Waals surface area contributed by atoms with Crippen LogP contribution in [0.5, 0.6) is 5.75 Å². The van der Waals surface area contributed by atoms with Gasteiger partial charge in [-0.05, 0) is 17.1 Å². The highest BCUT2D eigenvalue weighted by molar-refractivity contribution is 5.81. The molecule has 0 unspecified atom stereocenters. The molecule has 0 amide bonds. The number of rotatable bonds is 5. The third-order valence-corrected chi connectivity index (χ3v) is 2.12. The van der Waals surface area contributed by atoms with Gasteiger partial charge in [-0.25, -0.2) is 4.79 Å². The van der Waals surface area contributed by atoms with Gasteiger partial charge in [0.05, 0.1) is 0 Å². The molecular formula is C11H11N3O4. The Hall–Kier alpha value is -2.57. The first-order chi connectivity index (χ1) is 8.70. The molecule has 0 atom stereocenters. The smallest absolute Gasteiger partial charge is 0.330 e. The number of aromatic nitrogens is 3. The van der Waals surface area contributed by atoms with E-state index < -0.39 is 5.97 Å². The maximum atomic E-state index is 10.8. The van der Waals surface area contributed by atoms with Crippen LogP contribution in [0.2, 0.25) is 0 Å². The van der Waals surface area contributed by atoms with E-state index in [4.69, 9.17) is 14.7 Å². The minimum absolute atomic E-state index is 0.106. The van der Waals surface area contributed by atoms with Crippen LogP contribution >= 0.6 is 0 Å². The van der Waals surface area contributed by atoms with Gasteiger partial charge in [-0.15, -0.1) is 10.2 Å². The van der Waals surface area contributed by atoms with E-state index in [1.165, 1.54) is 0 Å². The molecule has 7 heteroatoms. The lowest BCUT2D eigenvalue weighted by atomic mass is 10.3. The van der Waals surface area contributed by atoms with Crippen LogP contribution in [-0.2, 0) is 9.53 Å². The molecule has 1 aromatic heterocycles. The zero-order valence-corrected chi connectivity index (χ0v) is 9.44. The summed E-state index contributed by atoms with van der Waals surface area (Å²) in [6.07, 6.45) is 1.08. The van der Waals surface area contributed by atoms with Crippen molar-refractivity contribution in [2.75, 3.05) is 13.2 Å². The number of esters is 1. The summed E-state index contributed by atoms with van der Waals surface area (Å²) in [6.45, 7) is 3.56. The molecule has 0 spiro atoms. The number of fused-ring (bicyclic) bond motifs is 1. The standard InChI is InChI=1S/C11H11N3O4/c1-2-10(15)18-7-6-17-9-5-3-4-8-11(9)13-14(16)12-8/h2-5,16H,1,6-7H2. The first kappa shape index (κ1) is 11.9. The molecule has 2 aromatic rings.